The van der Waals surface area contributed by atoms with E-state index in [9.17, 15) is 12.8 Å². The first-order valence-electron chi connectivity index (χ1n) is 5.92. The minimum atomic E-state index is -3.85. The Balaban J connectivity index is 1.90. The average molecular weight is 326 g/mol. The lowest BCUT2D eigenvalue weighted by Crippen LogP contribution is -2.25. The molecular weight excluding hydrogens is 315 g/mol. The van der Waals surface area contributed by atoms with Gasteiger partial charge in [0.25, 0.3) is 10.0 Å². The van der Waals surface area contributed by atoms with Crippen LogP contribution in [0.1, 0.15) is 5.56 Å². The molecular formula is C12H11FN4O2S2. The second kappa shape index (κ2) is 5.10. The number of aromatic nitrogens is 2. The molecule has 1 aromatic carbocycles. The molecule has 0 unspecified atom stereocenters. The van der Waals surface area contributed by atoms with Gasteiger partial charge in [-0.2, -0.15) is 0 Å². The lowest BCUT2D eigenvalue weighted by Gasteiger charge is -2.06. The number of benzene rings is 1. The first-order valence-corrected chi connectivity index (χ1v) is 8.29. The average Bonchev–Trinajstić information content (AvgIpc) is 2.96. The number of hydrogen-bond donors (Lipinski definition) is 2. The molecule has 0 radical (unpaired) electrons. The molecule has 110 valence electrons. The van der Waals surface area contributed by atoms with Crippen molar-refractivity contribution in [2.75, 3.05) is 5.73 Å². The maximum atomic E-state index is 13.1. The highest BCUT2D eigenvalue weighted by Gasteiger charge is 2.24. The molecule has 0 aliphatic rings. The van der Waals surface area contributed by atoms with E-state index in [2.05, 4.69) is 9.71 Å². The molecule has 0 saturated carbocycles. The van der Waals surface area contributed by atoms with Gasteiger partial charge in [-0.3, -0.25) is 4.40 Å². The summed E-state index contributed by atoms with van der Waals surface area (Å²) in [5, 5.41) is 1.61. The van der Waals surface area contributed by atoms with Gasteiger partial charge in [0.15, 0.2) is 15.8 Å². The lowest BCUT2D eigenvalue weighted by molar-refractivity contribution is 0.576. The molecule has 0 fully saturated rings. The fraction of sp³-hybridized carbons (Fsp3) is 0.0833. The number of hydrogen-bond acceptors (Lipinski definition) is 5. The Morgan fingerprint density at radius 3 is 3.00 bits per heavy atom. The van der Waals surface area contributed by atoms with Crippen molar-refractivity contribution in [1.29, 1.82) is 0 Å². The number of nitrogen functional groups attached to an aromatic ring is 1. The Kier molecular flexibility index (Phi) is 3.40. The van der Waals surface area contributed by atoms with E-state index in [1.54, 1.807) is 17.6 Å². The van der Waals surface area contributed by atoms with Crippen LogP contribution >= 0.6 is 11.3 Å². The topological polar surface area (TPSA) is 89.5 Å². The van der Waals surface area contributed by atoms with Crippen molar-refractivity contribution in [1.82, 2.24) is 14.1 Å². The Labute approximate surface area is 124 Å². The van der Waals surface area contributed by atoms with Crippen molar-refractivity contribution in [3.05, 3.63) is 47.2 Å². The number of sulfonamides is 1. The standard InChI is InChI=1S/C12H11FN4O2S2/c13-9-3-1-2-8(6-9)7-15-21(18,19)11-10(14)16-12-17(11)4-5-20-12/h1-6,15H,7,14H2. The third-order valence-electron chi connectivity index (χ3n) is 2.85. The fourth-order valence-corrected chi connectivity index (χ4v) is 3.94. The van der Waals surface area contributed by atoms with E-state index in [1.807, 2.05) is 0 Å². The Morgan fingerprint density at radius 2 is 2.24 bits per heavy atom. The summed E-state index contributed by atoms with van der Waals surface area (Å²) >= 11 is 1.28. The quantitative estimate of drug-likeness (QED) is 0.762. The van der Waals surface area contributed by atoms with Gasteiger partial charge < -0.3 is 5.73 Å². The molecule has 0 saturated heterocycles. The summed E-state index contributed by atoms with van der Waals surface area (Å²) < 4.78 is 41.6. The molecule has 2 heterocycles. The molecule has 0 bridgehead atoms. The van der Waals surface area contributed by atoms with Crippen LogP contribution in [0.2, 0.25) is 0 Å². The summed E-state index contributed by atoms with van der Waals surface area (Å²) in [4.78, 5) is 4.49. The molecule has 0 aliphatic carbocycles. The first kappa shape index (κ1) is 14.0. The van der Waals surface area contributed by atoms with Gasteiger partial charge in [0.05, 0.1) is 0 Å². The van der Waals surface area contributed by atoms with Crippen LogP contribution in [0.3, 0.4) is 0 Å². The van der Waals surface area contributed by atoms with Crippen molar-refractivity contribution in [3.8, 4) is 0 Å². The van der Waals surface area contributed by atoms with Crippen molar-refractivity contribution < 1.29 is 12.8 Å². The van der Waals surface area contributed by atoms with Crippen molar-refractivity contribution in [2.45, 2.75) is 11.6 Å². The lowest BCUT2D eigenvalue weighted by atomic mass is 10.2. The molecule has 3 aromatic rings. The smallest absolute Gasteiger partial charge is 0.260 e. The highest BCUT2D eigenvalue weighted by molar-refractivity contribution is 7.89. The molecule has 0 atom stereocenters. The van der Waals surface area contributed by atoms with Crippen molar-refractivity contribution in [3.63, 3.8) is 0 Å². The van der Waals surface area contributed by atoms with Gasteiger partial charge in [-0.15, -0.1) is 11.3 Å². The molecule has 6 nitrogen and oxygen atoms in total. The van der Waals surface area contributed by atoms with Crippen LogP contribution in [0, 0.1) is 5.82 Å². The number of thiazole rings is 1. The number of fused-ring (bicyclic) bond motifs is 1. The van der Waals surface area contributed by atoms with E-state index in [-0.39, 0.29) is 17.4 Å². The Hall–Kier alpha value is -1.97. The van der Waals surface area contributed by atoms with E-state index in [1.165, 1.54) is 33.9 Å². The minimum Gasteiger partial charge on any atom is -0.381 e. The maximum absolute atomic E-state index is 13.1. The van der Waals surface area contributed by atoms with E-state index in [4.69, 9.17) is 5.73 Å². The third-order valence-corrected chi connectivity index (χ3v) is 5.05. The van der Waals surface area contributed by atoms with Gasteiger partial charge in [0, 0.05) is 18.1 Å². The summed E-state index contributed by atoms with van der Waals surface area (Å²) in [7, 11) is -3.85. The SMILES string of the molecule is Nc1nc2sccn2c1S(=O)(=O)NCc1cccc(F)c1. The van der Waals surface area contributed by atoms with E-state index in [0.29, 0.717) is 10.5 Å². The predicted octanol–water partition coefficient (Wildman–Crippen LogP) is 1.60. The van der Waals surface area contributed by atoms with Gasteiger partial charge in [0.1, 0.15) is 5.82 Å². The molecule has 2 aromatic heterocycles. The molecule has 0 aliphatic heterocycles. The second-order valence-electron chi connectivity index (χ2n) is 4.31. The highest BCUT2D eigenvalue weighted by atomic mass is 32.2. The zero-order chi connectivity index (χ0) is 15.0. The number of nitrogens with two attached hydrogens (primary N) is 1. The van der Waals surface area contributed by atoms with Crippen molar-refractivity contribution in [2.24, 2.45) is 0 Å². The van der Waals surface area contributed by atoms with Gasteiger partial charge >= 0.3 is 0 Å². The summed E-state index contributed by atoms with van der Waals surface area (Å²) in [5.41, 5.74) is 6.19. The Bertz CT molecular complexity index is 901. The predicted molar refractivity (Wildman–Crippen MR) is 77.9 cm³/mol. The first-order chi connectivity index (χ1) is 9.97. The number of rotatable bonds is 4. The fourth-order valence-electron chi connectivity index (χ4n) is 1.94. The monoisotopic (exact) mass is 326 g/mol. The van der Waals surface area contributed by atoms with E-state index < -0.39 is 15.8 Å². The largest absolute Gasteiger partial charge is 0.381 e. The minimum absolute atomic E-state index is 0.0308. The van der Waals surface area contributed by atoms with E-state index in [0.717, 1.165) is 0 Å². The molecule has 9 heteroatoms. The number of nitrogens with zero attached hydrogens (tertiary/aromatic N) is 2. The van der Waals surface area contributed by atoms with Crippen molar-refractivity contribution >= 4 is 32.1 Å². The van der Waals surface area contributed by atoms with E-state index >= 15 is 0 Å². The third kappa shape index (κ3) is 2.62. The van der Waals surface area contributed by atoms with Crippen LogP contribution in [0.4, 0.5) is 10.2 Å². The molecule has 3 rings (SSSR count). The molecule has 21 heavy (non-hydrogen) atoms. The number of anilines is 1. The molecule has 3 N–H and O–H groups in total. The van der Waals surface area contributed by atoms with Gasteiger partial charge in [-0.1, -0.05) is 12.1 Å². The molecule has 0 amide bonds. The summed E-state index contributed by atoms with van der Waals surface area (Å²) in [6.45, 7) is -0.0308. The summed E-state index contributed by atoms with van der Waals surface area (Å²) in [6.07, 6.45) is 1.58. The summed E-state index contributed by atoms with van der Waals surface area (Å²) in [6, 6.07) is 5.71. The Morgan fingerprint density at radius 1 is 1.43 bits per heavy atom. The number of imidazole rings is 1. The zero-order valence-electron chi connectivity index (χ0n) is 10.7. The number of nitrogens with one attached hydrogen (secondary N) is 1. The van der Waals surface area contributed by atoms with Gasteiger partial charge in [-0.05, 0) is 17.7 Å². The van der Waals surface area contributed by atoms with Gasteiger partial charge in [0.2, 0.25) is 0 Å². The van der Waals surface area contributed by atoms with Gasteiger partial charge in [-0.25, -0.2) is 22.5 Å². The van der Waals surface area contributed by atoms with Crippen LogP contribution < -0.4 is 10.5 Å². The van der Waals surface area contributed by atoms with Crippen LogP contribution in [-0.2, 0) is 16.6 Å². The highest BCUT2D eigenvalue weighted by Crippen LogP contribution is 2.23. The van der Waals surface area contributed by atoms with Crippen LogP contribution in [-0.4, -0.2) is 17.8 Å². The van der Waals surface area contributed by atoms with Crippen LogP contribution in [0.15, 0.2) is 40.9 Å². The summed E-state index contributed by atoms with van der Waals surface area (Å²) in [5.74, 6) is -0.482. The zero-order valence-corrected chi connectivity index (χ0v) is 12.3. The van der Waals surface area contributed by atoms with Crippen LogP contribution in [0.25, 0.3) is 4.96 Å². The normalized spacial score (nSPS) is 12.0. The maximum Gasteiger partial charge on any atom is 0.260 e. The van der Waals surface area contributed by atoms with Crippen LogP contribution in [0.5, 0.6) is 0 Å². The number of halogens is 1. The second-order valence-corrected chi connectivity index (χ2v) is 6.87. The molecule has 0 spiro atoms.